The molecule has 0 N–H and O–H groups in total. The Labute approximate surface area is 152 Å². The van der Waals surface area contributed by atoms with Gasteiger partial charge in [0.25, 0.3) is 5.91 Å². The number of ether oxygens (including phenoxy) is 2. The van der Waals surface area contributed by atoms with Gasteiger partial charge < -0.3 is 14.4 Å². The lowest BCUT2D eigenvalue weighted by molar-refractivity contribution is -0.126. The van der Waals surface area contributed by atoms with Crippen molar-refractivity contribution in [3.8, 4) is 11.8 Å². The summed E-state index contributed by atoms with van der Waals surface area (Å²) >= 11 is 0. The Bertz CT molecular complexity index is 799. The van der Waals surface area contributed by atoms with Crippen molar-refractivity contribution < 1.29 is 19.1 Å². The maximum atomic E-state index is 12.8. The van der Waals surface area contributed by atoms with E-state index in [9.17, 15) is 9.59 Å². The van der Waals surface area contributed by atoms with Gasteiger partial charge in [-0.15, -0.1) is 0 Å². The van der Waals surface area contributed by atoms with Crippen LogP contribution in [0.25, 0.3) is 0 Å². The summed E-state index contributed by atoms with van der Waals surface area (Å²) in [5, 5.41) is 8.84. The second kappa shape index (κ2) is 9.23. The topological polar surface area (TPSA) is 79.6 Å². The van der Waals surface area contributed by atoms with E-state index in [1.807, 2.05) is 12.1 Å². The van der Waals surface area contributed by atoms with Crippen LogP contribution < -0.4 is 9.64 Å². The van der Waals surface area contributed by atoms with E-state index in [1.165, 1.54) is 18.9 Å². The number of benzene rings is 2. The number of amides is 1. The van der Waals surface area contributed by atoms with E-state index < -0.39 is 12.1 Å². The maximum Gasteiger partial charge on any atom is 0.339 e. The van der Waals surface area contributed by atoms with Crippen LogP contribution in [0.1, 0.15) is 23.7 Å². The van der Waals surface area contributed by atoms with E-state index in [-0.39, 0.29) is 18.9 Å². The van der Waals surface area contributed by atoms with Crippen LogP contribution in [0.5, 0.6) is 5.75 Å². The van der Waals surface area contributed by atoms with Crippen molar-refractivity contribution in [2.45, 2.75) is 19.4 Å². The molecule has 1 unspecified atom stereocenters. The van der Waals surface area contributed by atoms with E-state index in [2.05, 4.69) is 0 Å². The first-order chi connectivity index (χ1) is 12.6. The molecule has 6 heteroatoms. The van der Waals surface area contributed by atoms with Gasteiger partial charge in [0.05, 0.1) is 25.2 Å². The Kier molecular flexibility index (Phi) is 6.75. The van der Waals surface area contributed by atoms with Crippen LogP contribution in [0, 0.1) is 11.3 Å². The van der Waals surface area contributed by atoms with Gasteiger partial charge in [0.2, 0.25) is 0 Å². The lowest BCUT2D eigenvalue weighted by Crippen LogP contribution is -2.40. The van der Waals surface area contributed by atoms with Crippen molar-refractivity contribution in [1.29, 1.82) is 5.26 Å². The largest absolute Gasteiger partial charge is 0.497 e. The SMILES string of the molecule is COc1cccc(C(=O)OC(C)C(=O)N(CCC#N)c2ccccc2)c1. The fourth-order valence-electron chi connectivity index (χ4n) is 2.38. The normalized spacial score (nSPS) is 11.1. The predicted octanol–water partition coefficient (Wildman–Crippen LogP) is 3.19. The quantitative estimate of drug-likeness (QED) is 0.715. The summed E-state index contributed by atoms with van der Waals surface area (Å²) in [7, 11) is 1.50. The highest BCUT2D eigenvalue weighted by Crippen LogP contribution is 2.18. The summed E-state index contributed by atoms with van der Waals surface area (Å²) < 4.78 is 10.4. The molecule has 6 nitrogen and oxygen atoms in total. The molecule has 0 saturated carbocycles. The van der Waals surface area contributed by atoms with E-state index in [1.54, 1.807) is 48.5 Å². The van der Waals surface area contributed by atoms with Crippen molar-refractivity contribution in [2.24, 2.45) is 0 Å². The summed E-state index contributed by atoms with van der Waals surface area (Å²) in [6, 6.07) is 17.5. The number of anilines is 1. The Morgan fingerprint density at radius 2 is 1.88 bits per heavy atom. The summed E-state index contributed by atoms with van der Waals surface area (Å²) in [5.41, 5.74) is 0.948. The Morgan fingerprint density at radius 3 is 2.54 bits per heavy atom. The minimum Gasteiger partial charge on any atom is -0.497 e. The molecule has 1 atom stereocenters. The fourth-order valence-corrected chi connectivity index (χ4v) is 2.38. The van der Waals surface area contributed by atoms with Gasteiger partial charge in [-0.2, -0.15) is 5.26 Å². The second-order valence-corrected chi connectivity index (χ2v) is 5.51. The molecule has 0 aromatic heterocycles. The van der Waals surface area contributed by atoms with Crippen LogP contribution in [0.15, 0.2) is 54.6 Å². The Hall–Kier alpha value is -3.33. The third kappa shape index (κ3) is 4.84. The van der Waals surface area contributed by atoms with Gasteiger partial charge in [0.15, 0.2) is 6.10 Å². The summed E-state index contributed by atoms with van der Waals surface area (Å²) in [6.45, 7) is 1.74. The van der Waals surface area contributed by atoms with Crippen LogP contribution >= 0.6 is 0 Å². The smallest absolute Gasteiger partial charge is 0.339 e. The van der Waals surface area contributed by atoms with Crippen molar-refractivity contribution in [1.82, 2.24) is 0 Å². The zero-order valence-electron chi connectivity index (χ0n) is 14.7. The van der Waals surface area contributed by atoms with Crippen molar-refractivity contribution in [3.63, 3.8) is 0 Å². The van der Waals surface area contributed by atoms with Crippen molar-refractivity contribution >= 4 is 17.6 Å². The number of esters is 1. The monoisotopic (exact) mass is 352 g/mol. The van der Waals surface area contributed by atoms with Gasteiger partial charge in [-0.25, -0.2) is 4.79 Å². The van der Waals surface area contributed by atoms with Crippen molar-refractivity contribution in [2.75, 3.05) is 18.6 Å². The van der Waals surface area contributed by atoms with Gasteiger partial charge in [-0.1, -0.05) is 24.3 Å². The van der Waals surface area contributed by atoms with Crippen LogP contribution in [0.3, 0.4) is 0 Å². The lowest BCUT2D eigenvalue weighted by atomic mass is 10.2. The van der Waals surface area contributed by atoms with Gasteiger partial charge >= 0.3 is 5.97 Å². The highest BCUT2D eigenvalue weighted by molar-refractivity contribution is 5.99. The molecular weight excluding hydrogens is 332 g/mol. The molecule has 26 heavy (non-hydrogen) atoms. The zero-order chi connectivity index (χ0) is 18.9. The first-order valence-corrected chi connectivity index (χ1v) is 8.15. The first-order valence-electron chi connectivity index (χ1n) is 8.15. The predicted molar refractivity (Wildman–Crippen MR) is 96.9 cm³/mol. The molecule has 0 radical (unpaired) electrons. The van der Waals surface area contributed by atoms with Gasteiger partial charge in [-0.05, 0) is 37.3 Å². The van der Waals surface area contributed by atoms with Crippen LogP contribution in [-0.2, 0) is 9.53 Å². The highest BCUT2D eigenvalue weighted by Gasteiger charge is 2.25. The molecule has 0 bridgehead atoms. The molecule has 0 saturated heterocycles. The van der Waals surface area contributed by atoms with Crippen LogP contribution in [0.2, 0.25) is 0 Å². The third-order valence-corrected chi connectivity index (χ3v) is 3.72. The number of nitrogens with zero attached hydrogens (tertiary/aromatic N) is 2. The van der Waals surface area contributed by atoms with Crippen LogP contribution in [0.4, 0.5) is 5.69 Å². The van der Waals surface area contributed by atoms with Crippen molar-refractivity contribution in [3.05, 3.63) is 60.2 Å². The molecule has 2 aromatic rings. The highest BCUT2D eigenvalue weighted by atomic mass is 16.5. The number of nitriles is 1. The van der Waals surface area contributed by atoms with E-state index in [0.717, 1.165) is 0 Å². The average Bonchev–Trinajstić information content (AvgIpc) is 2.68. The third-order valence-electron chi connectivity index (χ3n) is 3.72. The number of hydrogen-bond acceptors (Lipinski definition) is 5. The van der Waals surface area contributed by atoms with Gasteiger partial charge in [0, 0.05) is 12.2 Å². The molecule has 1 amide bonds. The van der Waals surface area contributed by atoms with Gasteiger partial charge in [-0.3, -0.25) is 4.79 Å². The van der Waals surface area contributed by atoms with E-state index >= 15 is 0 Å². The summed E-state index contributed by atoms with van der Waals surface area (Å²) in [5.74, 6) is -0.473. The summed E-state index contributed by atoms with van der Waals surface area (Å²) in [6.07, 6.45) is -0.815. The Balaban J connectivity index is 2.12. The standard InChI is InChI=1S/C20H20N2O4/c1-15(26-20(24)16-8-6-11-18(14-16)25-2)19(23)22(13-7-12-21)17-9-4-3-5-10-17/h3-6,8-11,14-15H,7,13H2,1-2H3. The maximum absolute atomic E-state index is 12.8. The molecule has 0 spiro atoms. The molecule has 0 heterocycles. The minimum absolute atomic E-state index is 0.178. The number of carbonyl (C=O) groups is 2. The number of hydrogen-bond donors (Lipinski definition) is 0. The molecule has 2 rings (SSSR count). The Morgan fingerprint density at radius 1 is 1.15 bits per heavy atom. The van der Waals surface area contributed by atoms with E-state index in [0.29, 0.717) is 17.0 Å². The summed E-state index contributed by atoms with van der Waals surface area (Å²) in [4.78, 5) is 26.5. The molecule has 2 aromatic carbocycles. The number of carbonyl (C=O) groups excluding carboxylic acids is 2. The molecule has 0 aliphatic heterocycles. The second-order valence-electron chi connectivity index (χ2n) is 5.51. The molecule has 0 fully saturated rings. The number of methoxy groups -OCH3 is 1. The molecule has 0 aliphatic rings. The number of para-hydroxylation sites is 1. The molecule has 0 aliphatic carbocycles. The molecular formula is C20H20N2O4. The van der Waals surface area contributed by atoms with Gasteiger partial charge in [0.1, 0.15) is 5.75 Å². The zero-order valence-corrected chi connectivity index (χ0v) is 14.7. The number of rotatable bonds is 7. The van der Waals surface area contributed by atoms with Crippen LogP contribution in [-0.4, -0.2) is 31.6 Å². The molecule has 134 valence electrons. The first kappa shape index (κ1) is 19.0. The minimum atomic E-state index is -0.993. The lowest BCUT2D eigenvalue weighted by Gasteiger charge is -2.25. The fraction of sp³-hybridized carbons (Fsp3) is 0.250. The van der Waals surface area contributed by atoms with E-state index in [4.69, 9.17) is 14.7 Å². The average molecular weight is 352 g/mol.